The fraction of sp³-hybridized carbons (Fsp3) is 0.950. The quantitative estimate of drug-likeness (QED) is 0.0525. The fourth-order valence-electron chi connectivity index (χ4n) is 6.99. The topological polar surface area (TPSA) is 47.1 Å². The number of nitrogens with zero attached hydrogens (tertiary/aromatic N) is 4. The normalized spacial score (nSPS) is 17.0. The first kappa shape index (κ1) is 42.9. The van der Waals surface area contributed by atoms with Crippen LogP contribution in [0.3, 0.4) is 0 Å². The van der Waals surface area contributed by atoms with Crippen LogP contribution in [-0.4, -0.2) is 76.6 Å². The van der Waals surface area contributed by atoms with E-state index in [-0.39, 0.29) is 11.9 Å². The second-order valence-corrected chi connectivity index (χ2v) is 14.7. The van der Waals surface area contributed by atoms with Crippen molar-refractivity contribution in [3.8, 4) is 0 Å². The first-order chi connectivity index (χ1) is 22.4. The van der Waals surface area contributed by atoms with Crippen molar-refractivity contribution in [3.05, 3.63) is 0 Å². The van der Waals surface area contributed by atoms with Gasteiger partial charge in [-0.05, 0) is 65.2 Å². The molecule has 1 atom stereocenters. The molecule has 1 aliphatic rings. The molecule has 6 nitrogen and oxygen atoms in total. The molecule has 0 N–H and O–H groups in total. The summed E-state index contributed by atoms with van der Waals surface area (Å²) in [5, 5.41) is 0. The Hall–Kier alpha value is -1.14. The smallest absolute Gasteiger partial charge is 0.297 e. The number of carbonyl (C=O) groups excluding carboxylic acids is 2. The molecule has 1 aliphatic heterocycles. The van der Waals surface area contributed by atoms with E-state index in [9.17, 15) is 9.59 Å². The summed E-state index contributed by atoms with van der Waals surface area (Å²) in [5.41, 5.74) is -0.749. The van der Waals surface area contributed by atoms with Crippen molar-refractivity contribution in [3.63, 3.8) is 0 Å². The second kappa shape index (κ2) is 27.8. The first-order valence-electron chi connectivity index (χ1n) is 20.5. The predicted molar refractivity (Wildman–Crippen MR) is 199 cm³/mol. The largest absolute Gasteiger partial charge is 0.329 e. The first-order valence-corrected chi connectivity index (χ1v) is 20.5. The molecular formula is C40H80N4O2. The van der Waals surface area contributed by atoms with Gasteiger partial charge in [0.25, 0.3) is 5.91 Å². The van der Waals surface area contributed by atoms with Crippen molar-refractivity contribution >= 4 is 11.9 Å². The Labute approximate surface area is 287 Å². The predicted octanol–water partition coefficient (Wildman–Crippen LogP) is 11.4. The van der Waals surface area contributed by atoms with Gasteiger partial charge in [0.1, 0.15) is 5.54 Å². The van der Waals surface area contributed by atoms with Crippen LogP contribution in [0.25, 0.3) is 0 Å². The van der Waals surface area contributed by atoms with Crippen LogP contribution in [0.5, 0.6) is 0 Å². The minimum Gasteiger partial charge on any atom is -0.297 e. The third-order valence-electron chi connectivity index (χ3n) is 10.3. The lowest BCUT2D eigenvalue weighted by Gasteiger charge is -2.36. The molecule has 1 fully saturated rings. The van der Waals surface area contributed by atoms with Gasteiger partial charge in [0, 0.05) is 0 Å². The van der Waals surface area contributed by atoms with Gasteiger partial charge in [0.2, 0.25) is 0 Å². The van der Waals surface area contributed by atoms with Gasteiger partial charge in [0.05, 0.1) is 13.3 Å². The number of urea groups is 1. The van der Waals surface area contributed by atoms with E-state index in [1.807, 2.05) is 4.90 Å². The highest BCUT2D eigenvalue weighted by molar-refractivity contribution is 6.06. The molecule has 6 heteroatoms. The molecule has 0 radical (unpaired) electrons. The SMILES string of the molecule is CCCCCCCN(CCCCCCC)CN1C(=O)N(CN(CCCCCCC)CCCCCCC)C(C)(CCCCCC)C1=O. The minimum absolute atomic E-state index is 0.0433. The summed E-state index contributed by atoms with van der Waals surface area (Å²) in [7, 11) is 0. The Morgan fingerprint density at radius 3 is 1.15 bits per heavy atom. The zero-order valence-electron chi connectivity index (χ0n) is 32.0. The van der Waals surface area contributed by atoms with Crippen LogP contribution in [0, 0.1) is 0 Å². The van der Waals surface area contributed by atoms with E-state index < -0.39 is 5.54 Å². The average molecular weight is 649 g/mol. The van der Waals surface area contributed by atoms with Crippen molar-refractivity contribution < 1.29 is 9.59 Å². The Morgan fingerprint density at radius 1 is 0.457 bits per heavy atom. The summed E-state index contributed by atoms with van der Waals surface area (Å²) in [6.45, 7) is 18.4. The Balaban J connectivity index is 3.11. The van der Waals surface area contributed by atoms with Gasteiger partial charge in [-0.15, -0.1) is 0 Å². The third-order valence-corrected chi connectivity index (χ3v) is 10.3. The monoisotopic (exact) mass is 649 g/mol. The number of hydrogen-bond acceptors (Lipinski definition) is 4. The lowest BCUT2D eigenvalue weighted by molar-refractivity contribution is -0.134. The summed E-state index contributed by atoms with van der Waals surface area (Å²) in [5.74, 6) is 0.0433. The van der Waals surface area contributed by atoms with Gasteiger partial charge >= 0.3 is 6.03 Å². The van der Waals surface area contributed by atoms with E-state index >= 15 is 0 Å². The Bertz CT molecular complexity index is 719. The van der Waals surface area contributed by atoms with Gasteiger partial charge in [0.15, 0.2) is 0 Å². The lowest BCUT2D eigenvalue weighted by atomic mass is 9.92. The summed E-state index contributed by atoms with van der Waals surface area (Å²) in [6, 6.07) is -0.0491. The molecular weight excluding hydrogens is 568 g/mol. The standard InChI is InChI=1S/C40H80N4O2/c1-7-12-17-22-27-32-41(33-28-23-18-13-8-2)36-43-38(45)40(6,31-26-21-16-11-5)44(39(43)46)37-42(34-29-24-19-14-9-3)35-30-25-20-15-10-4/h7-37H2,1-6H3. The van der Waals surface area contributed by atoms with Crippen molar-refractivity contribution in [1.82, 2.24) is 19.6 Å². The van der Waals surface area contributed by atoms with Crippen LogP contribution in [-0.2, 0) is 4.79 Å². The molecule has 0 aliphatic carbocycles. The average Bonchev–Trinajstić information content (AvgIpc) is 3.22. The number of hydrogen-bond donors (Lipinski definition) is 0. The van der Waals surface area contributed by atoms with E-state index in [1.54, 1.807) is 4.90 Å². The van der Waals surface area contributed by atoms with Crippen LogP contribution in [0.15, 0.2) is 0 Å². The van der Waals surface area contributed by atoms with Crippen LogP contribution < -0.4 is 0 Å². The van der Waals surface area contributed by atoms with Gasteiger partial charge in [-0.3, -0.25) is 19.5 Å². The van der Waals surface area contributed by atoms with Crippen LogP contribution >= 0.6 is 0 Å². The molecule has 0 saturated carbocycles. The molecule has 0 spiro atoms. The highest BCUT2D eigenvalue weighted by Gasteiger charge is 2.54. The number of rotatable bonds is 33. The fourth-order valence-corrected chi connectivity index (χ4v) is 6.99. The summed E-state index contributed by atoms with van der Waals surface area (Å²) >= 11 is 0. The van der Waals surface area contributed by atoms with Crippen molar-refractivity contribution in [2.24, 2.45) is 0 Å². The molecule has 0 aromatic rings. The summed E-state index contributed by atoms with van der Waals surface area (Å²) < 4.78 is 0. The van der Waals surface area contributed by atoms with E-state index in [4.69, 9.17) is 0 Å². The van der Waals surface area contributed by atoms with Gasteiger partial charge < -0.3 is 0 Å². The lowest BCUT2D eigenvalue weighted by Crippen LogP contribution is -2.52. The van der Waals surface area contributed by atoms with Gasteiger partial charge in [-0.2, -0.15) is 0 Å². The van der Waals surface area contributed by atoms with Crippen molar-refractivity contribution in [1.29, 1.82) is 0 Å². The van der Waals surface area contributed by atoms with E-state index in [1.165, 1.54) is 128 Å². The van der Waals surface area contributed by atoms with Crippen LogP contribution in [0.2, 0.25) is 0 Å². The second-order valence-electron chi connectivity index (χ2n) is 14.7. The Kier molecular flexibility index (Phi) is 25.9. The number of amides is 3. The van der Waals surface area contributed by atoms with Gasteiger partial charge in [-0.25, -0.2) is 9.69 Å². The highest BCUT2D eigenvalue weighted by Crippen LogP contribution is 2.34. The highest BCUT2D eigenvalue weighted by atomic mass is 16.2. The molecule has 0 bridgehead atoms. The molecule has 272 valence electrons. The molecule has 46 heavy (non-hydrogen) atoms. The minimum atomic E-state index is -0.749. The number of carbonyl (C=O) groups is 2. The molecule has 0 aromatic carbocycles. The van der Waals surface area contributed by atoms with Gasteiger partial charge in [-0.1, -0.05) is 163 Å². The zero-order valence-corrected chi connectivity index (χ0v) is 32.0. The van der Waals surface area contributed by atoms with E-state index in [0.29, 0.717) is 13.3 Å². The van der Waals surface area contributed by atoms with E-state index in [2.05, 4.69) is 51.3 Å². The van der Waals surface area contributed by atoms with Crippen molar-refractivity contribution in [2.75, 3.05) is 39.5 Å². The van der Waals surface area contributed by atoms with Crippen molar-refractivity contribution in [2.45, 2.75) is 208 Å². The summed E-state index contributed by atoms with van der Waals surface area (Å²) in [6.07, 6.45) is 30.2. The molecule has 1 rings (SSSR count). The molecule has 1 unspecified atom stereocenters. The van der Waals surface area contributed by atoms with Crippen LogP contribution in [0.1, 0.15) is 202 Å². The zero-order chi connectivity index (χ0) is 33.9. The van der Waals surface area contributed by atoms with E-state index in [0.717, 1.165) is 58.3 Å². The number of imide groups is 1. The maximum atomic E-state index is 14.3. The Morgan fingerprint density at radius 2 is 0.783 bits per heavy atom. The maximum Gasteiger partial charge on any atom is 0.329 e. The number of unbranched alkanes of at least 4 members (excludes halogenated alkanes) is 19. The molecule has 1 saturated heterocycles. The maximum absolute atomic E-state index is 14.3. The molecule has 1 heterocycles. The van der Waals surface area contributed by atoms with Crippen LogP contribution in [0.4, 0.5) is 4.79 Å². The summed E-state index contributed by atoms with van der Waals surface area (Å²) in [4.78, 5) is 37.3. The molecule has 0 aromatic heterocycles. The third kappa shape index (κ3) is 17.3. The molecule has 3 amide bonds.